The number of rotatable bonds is 5. The van der Waals surface area contributed by atoms with Crippen LogP contribution < -0.4 is 15.0 Å². The molecule has 0 bridgehead atoms. The molecule has 9 heteroatoms. The summed E-state index contributed by atoms with van der Waals surface area (Å²) in [6, 6.07) is 3.49. The van der Waals surface area contributed by atoms with Crippen molar-refractivity contribution in [3.05, 3.63) is 43.0 Å². The summed E-state index contributed by atoms with van der Waals surface area (Å²) in [5.74, 6) is 3.28. The number of aryl methyl sites for hydroxylation is 1. The van der Waals surface area contributed by atoms with Gasteiger partial charge in [0.2, 0.25) is 4.77 Å². The zero-order chi connectivity index (χ0) is 17.7. The fourth-order valence-electron chi connectivity index (χ4n) is 1.80. The van der Waals surface area contributed by atoms with E-state index in [1.807, 2.05) is 0 Å². The topological polar surface area (TPSA) is 81.5 Å². The molecule has 0 atom stereocenters. The molecule has 0 saturated carbocycles. The number of hydrogen-bond donors (Lipinski definition) is 1. The molecule has 0 radical (unpaired) electrons. The predicted molar refractivity (Wildman–Crippen MR) is 96.4 cm³/mol. The van der Waals surface area contributed by atoms with Crippen molar-refractivity contribution < 1.29 is 9.47 Å². The number of terminal acetylenes is 1. The Bertz CT molecular complexity index is 943. The van der Waals surface area contributed by atoms with Gasteiger partial charge in [0.1, 0.15) is 12.3 Å². The maximum Gasteiger partial charge on any atom is 0.296 e. The zero-order valence-corrected chi connectivity index (χ0v) is 15.3. The van der Waals surface area contributed by atoms with Crippen LogP contribution in [0.15, 0.2) is 26.5 Å². The monoisotopic (exact) mass is 408 g/mol. The third-order valence-corrected chi connectivity index (χ3v) is 3.62. The molecule has 0 saturated heterocycles. The van der Waals surface area contributed by atoms with E-state index in [-0.39, 0.29) is 17.1 Å². The van der Waals surface area contributed by atoms with Crippen molar-refractivity contribution in [2.24, 2.45) is 5.10 Å². The molecule has 0 aliphatic heterocycles. The van der Waals surface area contributed by atoms with Crippen LogP contribution in [0.1, 0.15) is 11.3 Å². The maximum atomic E-state index is 12.1. The number of ether oxygens (including phenoxy) is 2. The summed E-state index contributed by atoms with van der Waals surface area (Å²) in [5, 5.41) is 10.5. The van der Waals surface area contributed by atoms with Crippen molar-refractivity contribution in [1.82, 2.24) is 14.9 Å². The first kappa shape index (κ1) is 17.9. The number of H-pyrrole nitrogens is 1. The second-order valence-electron chi connectivity index (χ2n) is 4.49. The van der Waals surface area contributed by atoms with Gasteiger partial charge in [-0.1, -0.05) is 21.9 Å². The minimum absolute atomic E-state index is 0.0627. The lowest BCUT2D eigenvalue weighted by Gasteiger charge is -2.12. The molecule has 1 aromatic heterocycles. The quantitative estimate of drug-likeness (QED) is 0.466. The van der Waals surface area contributed by atoms with Crippen LogP contribution in [0.3, 0.4) is 0 Å². The molecule has 0 unspecified atom stereocenters. The van der Waals surface area contributed by atoms with Crippen LogP contribution in [0, 0.1) is 24.0 Å². The molecule has 0 aliphatic carbocycles. The average Bonchev–Trinajstić information content (AvgIpc) is 2.56. The van der Waals surface area contributed by atoms with Crippen LogP contribution in [0.2, 0.25) is 0 Å². The maximum absolute atomic E-state index is 12.1. The third kappa shape index (κ3) is 3.90. The largest absolute Gasteiger partial charge is 0.493 e. The smallest absolute Gasteiger partial charge is 0.296 e. The number of nitrogens with one attached hydrogen (secondary N) is 1. The molecule has 0 spiro atoms. The van der Waals surface area contributed by atoms with E-state index in [4.69, 9.17) is 28.1 Å². The average molecular weight is 409 g/mol. The van der Waals surface area contributed by atoms with Crippen molar-refractivity contribution in [3.63, 3.8) is 0 Å². The Balaban J connectivity index is 2.55. The van der Waals surface area contributed by atoms with Crippen LogP contribution in [-0.4, -0.2) is 34.8 Å². The zero-order valence-electron chi connectivity index (χ0n) is 12.9. The lowest BCUT2D eigenvalue weighted by Crippen LogP contribution is -2.22. The standard InChI is InChI=1S/C15H13BrN4O3S/c1-4-5-23-13-10(6-11(16)7-12(13)22-3)8-17-20-14(21)9(2)18-19-15(20)24/h1,6-8H,5H2,2-3H3,(H,19,24)/b17-8-. The number of nitrogens with zero attached hydrogens (tertiary/aromatic N) is 3. The number of benzene rings is 1. The van der Waals surface area contributed by atoms with Gasteiger partial charge in [0, 0.05) is 10.0 Å². The summed E-state index contributed by atoms with van der Waals surface area (Å²) in [7, 11) is 1.51. The molecular formula is C15H13BrN4O3S. The summed E-state index contributed by atoms with van der Waals surface area (Å²) in [4.78, 5) is 12.1. The Labute approximate surface area is 151 Å². The van der Waals surface area contributed by atoms with Crippen molar-refractivity contribution in [2.45, 2.75) is 6.92 Å². The molecule has 7 nitrogen and oxygen atoms in total. The fourth-order valence-corrected chi connectivity index (χ4v) is 2.43. The first-order valence-electron chi connectivity index (χ1n) is 6.64. The number of methoxy groups -OCH3 is 1. The summed E-state index contributed by atoms with van der Waals surface area (Å²) in [5.41, 5.74) is 0.395. The highest BCUT2D eigenvalue weighted by molar-refractivity contribution is 9.10. The molecule has 124 valence electrons. The van der Waals surface area contributed by atoms with E-state index in [9.17, 15) is 4.79 Å². The van der Waals surface area contributed by atoms with Gasteiger partial charge in [0.15, 0.2) is 11.5 Å². The van der Waals surface area contributed by atoms with Gasteiger partial charge in [0.05, 0.1) is 13.3 Å². The van der Waals surface area contributed by atoms with Crippen molar-refractivity contribution in [1.29, 1.82) is 0 Å². The second-order valence-corrected chi connectivity index (χ2v) is 5.80. The Hall–Kier alpha value is -2.44. The van der Waals surface area contributed by atoms with Crippen molar-refractivity contribution in [3.8, 4) is 23.8 Å². The normalized spacial score (nSPS) is 10.6. The van der Waals surface area contributed by atoms with Gasteiger partial charge in [0.25, 0.3) is 5.56 Å². The Morgan fingerprint density at radius 1 is 1.58 bits per heavy atom. The van der Waals surface area contributed by atoms with Crippen LogP contribution >= 0.6 is 28.1 Å². The number of halogens is 1. The molecule has 0 amide bonds. The lowest BCUT2D eigenvalue weighted by molar-refractivity contribution is 0.330. The van der Waals surface area contributed by atoms with Gasteiger partial charge in [-0.2, -0.15) is 14.9 Å². The van der Waals surface area contributed by atoms with E-state index in [1.54, 1.807) is 19.1 Å². The Morgan fingerprint density at radius 2 is 2.33 bits per heavy atom. The first-order valence-corrected chi connectivity index (χ1v) is 7.84. The van der Waals surface area contributed by atoms with E-state index in [0.717, 1.165) is 9.15 Å². The van der Waals surface area contributed by atoms with Crippen LogP contribution in [0.5, 0.6) is 11.5 Å². The summed E-state index contributed by atoms with van der Waals surface area (Å²) < 4.78 is 12.7. The number of hydrogen-bond acceptors (Lipinski definition) is 6. The molecule has 2 aromatic rings. The lowest BCUT2D eigenvalue weighted by atomic mass is 10.2. The van der Waals surface area contributed by atoms with Crippen molar-refractivity contribution >= 4 is 34.4 Å². The van der Waals surface area contributed by atoms with Gasteiger partial charge in [-0.25, -0.2) is 0 Å². The third-order valence-electron chi connectivity index (χ3n) is 2.89. The highest BCUT2D eigenvalue weighted by Gasteiger charge is 2.12. The van der Waals surface area contributed by atoms with Gasteiger partial charge < -0.3 is 9.47 Å². The minimum atomic E-state index is -0.414. The Kier molecular flexibility index (Phi) is 5.89. The molecule has 1 heterocycles. The van der Waals surface area contributed by atoms with Crippen LogP contribution in [0.25, 0.3) is 0 Å². The molecule has 0 aliphatic rings. The van der Waals surface area contributed by atoms with Crippen molar-refractivity contribution in [2.75, 3.05) is 13.7 Å². The summed E-state index contributed by atoms with van der Waals surface area (Å²) >= 11 is 8.41. The molecule has 1 aromatic carbocycles. The van der Waals surface area contributed by atoms with Gasteiger partial charge in [-0.05, 0) is 31.3 Å². The predicted octanol–water partition coefficient (Wildman–Crippen LogP) is 2.27. The van der Waals surface area contributed by atoms with Gasteiger partial charge in [-0.15, -0.1) is 6.42 Å². The van der Waals surface area contributed by atoms with E-state index in [1.165, 1.54) is 13.3 Å². The minimum Gasteiger partial charge on any atom is -0.493 e. The van der Waals surface area contributed by atoms with Crippen LogP contribution in [0.4, 0.5) is 0 Å². The molecule has 0 fully saturated rings. The summed E-state index contributed by atoms with van der Waals surface area (Å²) in [6.07, 6.45) is 6.67. The van der Waals surface area contributed by atoms with E-state index < -0.39 is 5.56 Å². The number of aromatic amines is 1. The fraction of sp³-hybridized carbons (Fsp3) is 0.200. The summed E-state index contributed by atoms with van der Waals surface area (Å²) in [6.45, 7) is 1.62. The molecule has 2 rings (SSSR count). The highest BCUT2D eigenvalue weighted by atomic mass is 79.9. The second kappa shape index (κ2) is 7.90. The Morgan fingerprint density at radius 3 is 3.00 bits per heavy atom. The molecule has 1 N–H and O–H groups in total. The van der Waals surface area contributed by atoms with Gasteiger partial charge >= 0.3 is 0 Å². The highest BCUT2D eigenvalue weighted by Crippen LogP contribution is 2.34. The van der Waals surface area contributed by atoms with Crippen LogP contribution in [-0.2, 0) is 0 Å². The first-order chi connectivity index (χ1) is 11.5. The van der Waals surface area contributed by atoms with E-state index >= 15 is 0 Å². The SMILES string of the molecule is C#CCOc1c(/C=N\n2c(=S)[nH]nc(C)c2=O)cc(Br)cc1OC. The van der Waals surface area contributed by atoms with E-state index in [2.05, 4.69) is 37.1 Å². The van der Waals surface area contributed by atoms with Gasteiger partial charge in [-0.3, -0.25) is 9.89 Å². The molecular weight excluding hydrogens is 396 g/mol. The molecule has 24 heavy (non-hydrogen) atoms. The number of aromatic nitrogens is 3. The van der Waals surface area contributed by atoms with E-state index in [0.29, 0.717) is 17.1 Å².